The number of likely N-dealkylation sites (N-methyl/N-ethyl adjacent to an activating group) is 1. The van der Waals surface area contributed by atoms with Crippen molar-refractivity contribution in [1.29, 1.82) is 0 Å². The fourth-order valence-corrected chi connectivity index (χ4v) is 2.35. The molecule has 0 aromatic heterocycles. The molecule has 1 rings (SSSR count). The number of hydrogen-bond donors (Lipinski definition) is 1. The Morgan fingerprint density at radius 1 is 1.50 bits per heavy atom. The second-order valence-corrected chi connectivity index (χ2v) is 4.45. The zero-order valence-electron chi connectivity index (χ0n) is 9.71. The predicted octanol–water partition coefficient (Wildman–Crippen LogP) is 0.609. The van der Waals surface area contributed by atoms with Crippen molar-refractivity contribution in [2.75, 3.05) is 46.3 Å². The summed E-state index contributed by atoms with van der Waals surface area (Å²) in [5.74, 6) is 0.861. The van der Waals surface area contributed by atoms with Gasteiger partial charge in [-0.2, -0.15) is 0 Å². The van der Waals surface area contributed by atoms with Gasteiger partial charge in [-0.15, -0.1) is 0 Å². The average Bonchev–Trinajstić information content (AvgIpc) is 2.17. The van der Waals surface area contributed by atoms with Crippen LogP contribution in [0.4, 0.5) is 0 Å². The lowest BCUT2D eigenvalue weighted by molar-refractivity contribution is 0.157. The first-order chi connectivity index (χ1) is 6.76. The number of nitrogens with two attached hydrogens (primary N) is 1. The minimum Gasteiger partial charge on any atom is -0.329 e. The molecule has 0 bridgehead atoms. The van der Waals surface area contributed by atoms with Gasteiger partial charge in [-0.1, -0.05) is 6.92 Å². The van der Waals surface area contributed by atoms with Crippen molar-refractivity contribution in [3.8, 4) is 0 Å². The molecule has 0 aromatic carbocycles. The second-order valence-electron chi connectivity index (χ2n) is 4.45. The molecule has 1 aliphatic heterocycles. The first kappa shape index (κ1) is 12.0. The van der Waals surface area contributed by atoms with Crippen LogP contribution in [0.2, 0.25) is 0 Å². The van der Waals surface area contributed by atoms with Crippen LogP contribution in [0.3, 0.4) is 0 Å². The van der Waals surface area contributed by atoms with Crippen molar-refractivity contribution in [3.05, 3.63) is 0 Å². The SMILES string of the molecule is CCN(CCN)C[C@@H]1CCCN(C)C1. The Labute approximate surface area is 88.2 Å². The summed E-state index contributed by atoms with van der Waals surface area (Å²) in [6.07, 6.45) is 2.76. The predicted molar refractivity (Wildman–Crippen MR) is 61.4 cm³/mol. The van der Waals surface area contributed by atoms with Gasteiger partial charge in [0.2, 0.25) is 0 Å². The smallest absolute Gasteiger partial charge is 0.0105 e. The third-order valence-electron chi connectivity index (χ3n) is 3.13. The van der Waals surface area contributed by atoms with Crippen LogP contribution in [0.25, 0.3) is 0 Å². The van der Waals surface area contributed by atoms with Crippen LogP contribution >= 0.6 is 0 Å². The van der Waals surface area contributed by atoms with Gasteiger partial charge in [-0.05, 0) is 38.9 Å². The topological polar surface area (TPSA) is 32.5 Å². The van der Waals surface area contributed by atoms with Crippen molar-refractivity contribution < 1.29 is 0 Å². The lowest BCUT2D eigenvalue weighted by atomic mass is 9.98. The number of likely N-dealkylation sites (tertiary alicyclic amines) is 1. The molecule has 0 amide bonds. The fraction of sp³-hybridized carbons (Fsp3) is 1.00. The Kier molecular flexibility index (Phi) is 5.45. The summed E-state index contributed by atoms with van der Waals surface area (Å²) in [4.78, 5) is 4.92. The maximum absolute atomic E-state index is 5.59. The molecule has 2 N–H and O–H groups in total. The Balaban J connectivity index is 2.26. The van der Waals surface area contributed by atoms with Gasteiger partial charge in [0, 0.05) is 26.2 Å². The molecule has 0 aromatic rings. The van der Waals surface area contributed by atoms with E-state index in [4.69, 9.17) is 5.73 Å². The van der Waals surface area contributed by atoms with E-state index < -0.39 is 0 Å². The maximum atomic E-state index is 5.59. The molecule has 3 nitrogen and oxygen atoms in total. The number of piperidine rings is 1. The van der Waals surface area contributed by atoms with Crippen LogP contribution in [0.15, 0.2) is 0 Å². The summed E-state index contributed by atoms with van der Waals surface area (Å²) >= 11 is 0. The van der Waals surface area contributed by atoms with Gasteiger partial charge in [0.25, 0.3) is 0 Å². The molecule has 1 heterocycles. The molecule has 1 aliphatic rings. The molecule has 1 fully saturated rings. The van der Waals surface area contributed by atoms with Crippen LogP contribution in [0.5, 0.6) is 0 Å². The molecule has 1 atom stereocenters. The number of nitrogens with zero attached hydrogens (tertiary/aromatic N) is 2. The molecule has 84 valence electrons. The zero-order valence-corrected chi connectivity index (χ0v) is 9.71. The third-order valence-corrected chi connectivity index (χ3v) is 3.13. The summed E-state index contributed by atoms with van der Waals surface area (Å²) in [6, 6.07) is 0. The standard InChI is InChI=1S/C11H25N3/c1-3-14(8-6-12)10-11-5-4-7-13(2)9-11/h11H,3-10,12H2,1-2H3/t11-/m1/s1. The normalized spacial score (nSPS) is 24.4. The summed E-state index contributed by atoms with van der Waals surface area (Å²) in [5, 5.41) is 0. The van der Waals surface area contributed by atoms with Crippen molar-refractivity contribution in [2.24, 2.45) is 11.7 Å². The Morgan fingerprint density at radius 3 is 2.86 bits per heavy atom. The van der Waals surface area contributed by atoms with E-state index in [2.05, 4.69) is 23.8 Å². The molecular formula is C11H25N3. The van der Waals surface area contributed by atoms with Crippen LogP contribution in [0, 0.1) is 5.92 Å². The first-order valence-corrected chi connectivity index (χ1v) is 5.87. The highest BCUT2D eigenvalue weighted by atomic mass is 15.1. The molecule has 0 unspecified atom stereocenters. The van der Waals surface area contributed by atoms with E-state index in [1.807, 2.05) is 0 Å². The van der Waals surface area contributed by atoms with Crippen LogP contribution < -0.4 is 5.73 Å². The highest BCUT2D eigenvalue weighted by Crippen LogP contribution is 2.15. The average molecular weight is 199 g/mol. The number of hydrogen-bond acceptors (Lipinski definition) is 3. The third kappa shape index (κ3) is 3.95. The van der Waals surface area contributed by atoms with E-state index in [1.165, 1.54) is 32.5 Å². The van der Waals surface area contributed by atoms with Crippen molar-refractivity contribution in [1.82, 2.24) is 9.80 Å². The van der Waals surface area contributed by atoms with Gasteiger partial charge < -0.3 is 15.5 Å². The van der Waals surface area contributed by atoms with E-state index in [-0.39, 0.29) is 0 Å². The van der Waals surface area contributed by atoms with Crippen LogP contribution in [-0.4, -0.2) is 56.1 Å². The lowest BCUT2D eigenvalue weighted by Crippen LogP contribution is -2.40. The molecule has 3 heteroatoms. The molecule has 14 heavy (non-hydrogen) atoms. The van der Waals surface area contributed by atoms with Gasteiger partial charge in [0.05, 0.1) is 0 Å². The summed E-state index contributed by atoms with van der Waals surface area (Å²) in [5.41, 5.74) is 5.59. The minimum absolute atomic E-state index is 0.788. The van der Waals surface area contributed by atoms with Gasteiger partial charge >= 0.3 is 0 Å². The van der Waals surface area contributed by atoms with E-state index in [1.54, 1.807) is 0 Å². The van der Waals surface area contributed by atoms with E-state index in [0.717, 1.165) is 25.6 Å². The Bertz CT molecular complexity index is 149. The summed E-state index contributed by atoms with van der Waals surface area (Å²) in [7, 11) is 2.23. The van der Waals surface area contributed by atoms with Crippen molar-refractivity contribution in [3.63, 3.8) is 0 Å². The van der Waals surface area contributed by atoms with Gasteiger partial charge in [-0.3, -0.25) is 0 Å². The van der Waals surface area contributed by atoms with Crippen LogP contribution in [0.1, 0.15) is 19.8 Å². The van der Waals surface area contributed by atoms with Crippen LogP contribution in [-0.2, 0) is 0 Å². The first-order valence-electron chi connectivity index (χ1n) is 5.87. The summed E-state index contributed by atoms with van der Waals surface area (Å²) < 4.78 is 0. The molecule has 0 saturated carbocycles. The highest BCUT2D eigenvalue weighted by Gasteiger charge is 2.18. The van der Waals surface area contributed by atoms with Crippen molar-refractivity contribution >= 4 is 0 Å². The van der Waals surface area contributed by atoms with E-state index in [9.17, 15) is 0 Å². The van der Waals surface area contributed by atoms with Gasteiger partial charge in [0.1, 0.15) is 0 Å². The Hall–Kier alpha value is -0.120. The molecule has 0 aliphatic carbocycles. The van der Waals surface area contributed by atoms with Crippen molar-refractivity contribution in [2.45, 2.75) is 19.8 Å². The lowest BCUT2D eigenvalue weighted by Gasteiger charge is -2.33. The molecular weight excluding hydrogens is 174 g/mol. The fourth-order valence-electron chi connectivity index (χ4n) is 2.35. The quantitative estimate of drug-likeness (QED) is 0.704. The largest absolute Gasteiger partial charge is 0.329 e. The van der Waals surface area contributed by atoms with Gasteiger partial charge in [-0.25, -0.2) is 0 Å². The summed E-state index contributed by atoms with van der Waals surface area (Å²) in [6.45, 7) is 8.98. The number of rotatable bonds is 5. The minimum atomic E-state index is 0.788. The van der Waals surface area contributed by atoms with E-state index >= 15 is 0 Å². The Morgan fingerprint density at radius 2 is 2.29 bits per heavy atom. The maximum Gasteiger partial charge on any atom is 0.0105 e. The highest BCUT2D eigenvalue weighted by molar-refractivity contribution is 4.73. The monoisotopic (exact) mass is 199 g/mol. The second kappa shape index (κ2) is 6.38. The molecule has 0 spiro atoms. The van der Waals surface area contributed by atoms with Gasteiger partial charge in [0.15, 0.2) is 0 Å². The van der Waals surface area contributed by atoms with E-state index in [0.29, 0.717) is 0 Å². The molecule has 0 radical (unpaired) electrons. The molecule has 1 saturated heterocycles. The zero-order chi connectivity index (χ0) is 10.4.